The van der Waals surface area contributed by atoms with Crippen LogP contribution in [0.25, 0.3) is 0 Å². The van der Waals surface area contributed by atoms with Gasteiger partial charge in [0.15, 0.2) is 0 Å². The van der Waals surface area contributed by atoms with Gasteiger partial charge in [0.05, 0.1) is 12.2 Å². The number of H-pyrrole nitrogens is 1. The van der Waals surface area contributed by atoms with E-state index < -0.39 is 5.97 Å². The lowest BCUT2D eigenvalue weighted by Gasteiger charge is -2.13. The molecule has 1 heterocycles. The van der Waals surface area contributed by atoms with E-state index in [4.69, 9.17) is 5.11 Å². The molecule has 1 aromatic rings. The number of rotatable bonds is 3. The summed E-state index contributed by atoms with van der Waals surface area (Å²) in [5.74, 6) is -1.19. The van der Waals surface area contributed by atoms with E-state index in [1.165, 1.54) is 0 Å². The van der Waals surface area contributed by atoms with Gasteiger partial charge in [0.25, 0.3) is 0 Å². The van der Waals surface area contributed by atoms with Gasteiger partial charge in [-0.05, 0) is 0 Å². The Hall–Kier alpha value is -1.32. The van der Waals surface area contributed by atoms with E-state index in [1.54, 1.807) is 19.4 Å². The standard InChI is InChI=1S/C8H12N2O2/c1-5(6(2)8(11)12)7-3-9-4-10-7/h3-6H,1-2H3,(H,9,10)(H,11,12). The van der Waals surface area contributed by atoms with E-state index in [0.717, 1.165) is 5.69 Å². The Morgan fingerprint density at radius 2 is 2.33 bits per heavy atom. The van der Waals surface area contributed by atoms with E-state index in [-0.39, 0.29) is 11.8 Å². The summed E-state index contributed by atoms with van der Waals surface area (Å²) in [6, 6.07) is 0. The zero-order chi connectivity index (χ0) is 9.14. The smallest absolute Gasteiger partial charge is 0.306 e. The summed E-state index contributed by atoms with van der Waals surface area (Å²) in [4.78, 5) is 17.3. The van der Waals surface area contributed by atoms with Crippen molar-refractivity contribution in [3.63, 3.8) is 0 Å². The summed E-state index contributed by atoms with van der Waals surface area (Å²) >= 11 is 0. The molecule has 0 aliphatic carbocycles. The first-order valence-corrected chi connectivity index (χ1v) is 3.84. The van der Waals surface area contributed by atoms with Gasteiger partial charge in [-0.2, -0.15) is 0 Å². The third-order valence-electron chi connectivity index (χ3n) is 2.15. The fourth-order valence-electron chi connectivity index (χ4n) is 0.999. The lowest BCUT2D eigenvalue weighted by atomic mass is 9.94. The monoisotopic (exact) mass is 168 g/mol. The van der Waals surface area contributed by atoms with Crippen LogP contribution in [0.1, 0.15) is 25.5 Å². The molecular weight excluding hydrogens is 156 g/mol. The Morgan fingerprint density at radius 3 is 2.75 bits per heavy atom. The predicted octanol–water partition coefficient (Wildman–Crippen LogP) is 1.23. The van der Waals surface area contributed by atoms with Gasteiger partial charge in [0.2, 0.25) is 0 Å². The van der Waals surface area contributed by atoms with Gasteiger partial charge in [-0.25, -0.2) is 4.98 Å². The van der Waals surface area contributed by atoms with Crippen LogP contribution in [0.3, 0.4) is 0 Å². The Labute approximate surface area is 70.6 Å². The third-order valence-corrected chi connectivity index (χ3v) is 2.15. The first-order valence-electron chi connectivity index (χ1n) is 3.84. The van der Waals surface area contributed by atoms with Gasteiger partial charge < -0.3 is 10.1 Å². The van der Waals surface area contributed by atoms with Crippen LogP contribution in [0.2, 0.25) is 0 Å². The molecular formula is C8H12N2O2. The van der Waals surface area contributed by atoms with Gasteiger partial charge in [0.1, 0.15) is 0 Å². The highest BCUT2D eigenvalue weighted by atomic mass is 16.4. The van der Waals surface area contributed by atoms with Gasteiger partial charge in [-0.15, -0.1) is 0 Å². The first kappa shape index (κ1) is 8.77. The number of nitrogens with one attached hydrogen (secondary N) is 1. The molecule has 0 aliphatic rings. The summed E-state index contributed by atoms with van der Waals surface area (Å²) in [5.41, 5.74) is 0.866. The molecule has 0 saturated carbocycles. The first-order chi connectivity index (χ1) is 5.63. The van der Waals surface area contributed by atoms with Crippen LogP contribution in [-0.4, -0.2) is 21.0 Å². The summed E-state index contributed by atoms with van der Waals surface area (Å²) in [7, 11) is 0. The Morgan fingerprint density at radius 1 is 1.67 bits per heavy atom. The molecule has 0 fully saturated rings. The van der Waals surface area contributed by atoms with Gasteiger partial charge in [0, 0.05) is 17.8 Å². The van der Waals surface area contributed by atoms with Crippen LogP contribution in [0.15, 0.2) is 12.5 Å². The molecule has 0 spiro atoms. The molecule has 0 radical (unpaired) electrons. The lowest BCUT2D eigenvalue weighted by molar-refractivity contribution is -0.141. The number of carbonyl (C=O) groups is 1. The second-order valence-corrected chi connectivity index (χ2v) is 2.92. The molecule has 0 amide bonds. The van der Waals surface area contributed by atoms with Crippen molar-refractivity contribution in [1.29, 1.82) is 0 Å². The number of hydrogen-bond acceptors (Lipinski definition) is 2. The molecule has 4 nitrogen and oxygen atoms in total. The average molecular weight is 168 g/mol. The van der Waals surface area contributed by atoms with Crippen molar-refractivity contribution in [2.24, 2.45) is 5.92 Å². The van der Waals surface area contributed by atoms with E-state index in [0.29, 0.717) is 0 Å². The van der Waals surface area contributed by atoms with Crippen molar-refractivity contribution >= 4 is 5.97 Å². The van der Waals surface area contributed by atoms with Crippen LogP contribution in [-0.2, 0) is 4.79 Å². The molecule has 4 heteroatoms. The minimum atomic E-state index is -0.780. The van der Waals surface area contributed by atoms with E-state index >= 15 is 0 Å². The van der Waals surface area contributed by atoms with E-state index in [9.17, 15) is 4.79 Å². The molecule has 66 valence electrons. The number of nitrogens with zero attached hydrogens (tertiary/aromatic N) is 1. The second-order valence-electron chi connectivity index (χ2n) is 2.92. The predicted molar refractivity (Wildman–Crippen MR) is 43.8 cm³/mol. The van der Waals surface area contributed by atoms with Crippen LogP contribution in [0, 0.1) is 5.92 Å². The summed E-state index contributed by atoms with van der Waals surface area (Å²) in [6.45, 7) is 3.56. The van der Waals surface area contributed by atoms with Gasteiger partial charge in [-0.3, -0.25) is 4.79 Å². The summed E-state index contributed by atoms with van der Waals surface area (Å²) < 4.78 is 0. The zero-order valence-electron chi connectivity index (χ0n) is 7.11. The summed E-state index contributed by atoms with van der Waals surface area (Å²) in [6.07, 6.45) is 3.21. The van der Waals surface area contributed by atoms with Crippen molar-refractivity contribution in [2.75, 3.05) is 0 Å². The minimum absolute atomic E-state index is 0.0231. The van der Waals surface area contributed by atoms with Crippen LogP contribution in [0.4, 0.5) is 0 Å². The quantitative estimate of drug-likeness (QED) is 0.713. The van der Waals surface area contributed by atoms with E-state index in [1.807, 2.05) is 6.92 Å². The number of carboxylic acid groups (broad SMARTS) is 1. The highest BCUT2D eigenvalue weighted by Crippen LogP contribution is 2.21. The maximum absolute atomic E-state index is 10.6. The topological polar surface area (TPSA) is 66.0 Å². The maximum atomic E-state index is 10.6. The molecule has 2 unspecified atom stereocenters. The Kier molecular flexibility index (Phi) is 2.47. The highest BCUT2D eigenvalue weighted by Gasteiger charge is 2.21. The Bertz CT molecular complexity index is 256. The number of aromatic nitrogens is 2. The number of aromatic amines is 1. The van der Waals surface area contributed by atoms with Crippen LogP contribution in [0.5, 0.6) is 0 Å². The van der Waals surface area contributed by atoms with Crippen molar-refractivity contribution in [1.82, 2.24) is 9.97 Å². The fraction of sp³-hybridized carbons (Fsp3) is 0.500. The molecule has 12 heavy (non-hydrogen) atoms. The van der Waals surface area contributed by atoms with Crippen molar-refractivity contribution in [3.05, 3.63) is 18.2 Å². The van der Waals surface area contributed by atoms with Crippen LogP contribution >= 0.6 is 0 Å². The van der Waals surface area contributed by atoms with Crippen molar-refractivity contribution in [2.45, 2.75) is 19.8 Å². The van der Waals surface area contributed by atoms with Crippen molar-refractivity contribution < 1.29 is 9.90 Å². The van der Waals surface area contributed by atoms with E-state index in [2.05, 4.69) is 9.97 Å². The number of aliphatic carboxylic acids is 1. The Balaban J connectivity index is 2.71. The minimum Gasteiger partial charge on any atom is -0.481 e. The highest BCUT2D eigenvalue weighted by molar-refractivity contribution is 5.70. The molecule has 2 N–H and O–H groups in total. The fourth-order valence-corrected chi connectivity index (χ4v) is 0.999. The van der Waals surface area contributed by atoms with Gasteiger partial charge >= 0.3 is 5.97 Å². The molecule has 2 atom stereocenters. The second kappa shape index (κ2) is 3.38. The number of hydrogen-bond donors (Lipinski definition) is 2. The summed E-state index contributed by atoms with van der Waals surface area (Å²) in [5, 5.41) is 8.72. The maximum Gasteiger partial charge on any atom is 0.306 e. The third kappa shape index (κ3) is 1.64. The SMILES string of the molecule is CC(C(=O)O)C(C)c1cnc[nH]1. The van der Waals surface area contributed by atoms with Gasteiger partial charge in [-0.1, -0.05) is 13.8 Å². The molecule has 0 aliphatic heterocycles. The number of imidazole rings is 1. The normalized spacial score (nSPS) is 15.5. The molecule has 0 saturated heterocycles. The van der Waals surface area contributed by atoms with Crippen molar-refractivity contribution in [3.8, 4) is 0 Å². The average Bonchev–Trinajstić information content (AvgIpc) is 2.53. The van der Waals surface area contributed by atoms with Crippen LogP contribution < -0.4 is 0 Å². The lowest BCUT2D eigenvalue weighted by Crippen LogP contribution is -2.16. The molecule has 1 aromatic heterocycles. The molecule has 0 bridgehead atoms. The zero-order valence-corrected chi connectivity index (χ0v) is 7.11. The largest absolute Gasteiger partial charge is 0.481 e. The molecule has 0 aromatic carbocycles. The molecule has 1 rings (SSSR count). The number of carboxylic acids is 1.